The number of unbranched alkanes of at least 4 members (excludes halogenated alkanes) is 18. The number of ether oxygens (including phenoxy) is 1. The van der Waals surface area contributed by atoms with Crippen LogP contribution in [-0.2, 0) is 14.3 Å². The molecule has 0 aromatic heterocycles. The van der Waals surface area contributed by atoms with Crippen molar-refractivity contribution in [3.05, 3.63) is 0 Å². The molecule has 0 aromatic carbocycles. The van der Waals surface area contributed by atoms with Crippen LogP contribution in [0.15, 0.2) is 0 Å². The summed E-state index contributed by atoms with van der Waals surface area (Å²) in [7, 11) is -0.556. The summed E-state index contributed by atoms with van der Waals surface area (Å²) >= 11 is 0. The lowest BCUT2D eigenvalue weighted by Gasteiger charge is -2.20. The molecule has 0 bridgehead atoms. The Kier molecular flexibility index (Phi) is 26.7. The molecule has 0 saturated heterocycles. The van der Waals surface area contributed by atoms with Gasteiger partial charge in [-0.2, -0.15) is 10.9 Å². The molecule has 0 heterocycles. The molecular formula is C30H60O3S. The van der Waals surface area contributed by atoms with Crippen LogP contribution in [-0.4, -0.2) is 29.2 Å². The lowest BCUT2D eigenvalue weighted by molar-refractivity contribution is -0.143. The highest BCUT2D eigenvalue weighted by atomic mass is 32.2. The average molecular weight is 501 g/mol. The molecule has 34 heavy (non-hydrogen) atoms. The molecular weight excluding hydrogens is 440 g/mol. The molecule has 204 valence electrons. The largest absolute Gasteiger partial charge is 0.465 e. The van der Waals surface area contributed by atoms with Crippen LogP contribution in [0.1, 0.15) is 162 Å². The van der Waals surface area contributed by atoms with Crippen molar-refractivity contribution in [2.75, 3.05) is 18.1 Å². The molecule has 0 unspecified atom stereocenters. The first kappa shape index (κ1) is 33.5. The van der Waals surface area contributed by atoms with Gasteiger partial charge in [0.25, 0.3) is 0 Å². The summed E-state index contributed by atoms with van der Waals surface area (Å²) in [6.07, 6.45) is 27.6. The number of carbonyl (C=O) groups is 2. The predicted molar refractivity (Wildman–Crippen MR) is 153 cm³/mol. The molecule has 0 N–H and O–H groups in total. The molecule has 4 heteroatoms. The van der Waals surface area contributed by atoms with E-state index in [1.54, 1.807) is 6.92 Å². The smallest absolute Gasteiger partial charge is 0.305 e. The van der Waals surface area contributed by atoms with E-state index in [1.165, 1.54) is 128 Å². The topological polar surface area (TPSA) is 43.4 Å². The maximum absolute atomic E-state index is 12.8. The molecule has 0 radical (unpaired) electrons. The van der Waals surface area contributed by atoms with Gasteiger partial charge in [-0.25, -0.2) is 0 Å². The van der Waals surface area contributed by atoms with E-state index in [9.17, 15) is 9.59 Å². The first-order valence-electron chi connectivity index (χ1n) is 15.1. The molecule has 0 aliphatic carbocycles. The summed E-state index contributed by atoms with van der Waals surface area (Å²) in [5.41, 5.74) is 0. The van der Waals surface area contributed by atoms with Crippen LogP contribution >= 0.6 is 10.9 Å². The molecule has 0 amide bonds. The van der Waals surface area contributed by atoms with Gasteiger partial charge in [0.1, 0.15) is 0 Å². The van der Waals surface area contributed by atoms with Crippen molar-refractivity contribution in [2.24, 2.45) is 0 Å². The number of esters is 1. The van der Waals surface area contributed by atoms with Crippen LogP contribution in [0.25, 0.3) is 0 Å². The maximum atomic E-state index is 12.8. The summed E-state index contributed by atoms with van der Waals surface area (Å²) in [5, 5.41) is 0.380. The zero-order valence-electron chi connectivity index (χ0n) is 23.3. The average Bonchev–Trinajstić information content (AvgIpc) is 2.84. The standard InChI is InChI=1S/C30H60O3S/c1-4-7-9-11-13-15-17-19-21-23-27-34(30(32)25-26-33-29(31)6-3)28-24-22-20-18-16-14-12-10-8-5-2/h34H,4-28H2,1-3H3. The lowest BCUT2D eigenvalue weighted by atomic mass is 10.1. The van der Waals surface area contributed by atoms with Gasteiger partial charge in [0.2, 0.25) is 0 Å². The lowest BCUT2D eigenvalue weighted by Crippen LogP contribution is -2.12. The summed E-state index contributed by atoms with van der Waals surface area (Å²) in [4.78, 5) is 24.2. The van der Waals surface area contributed by atoms with Gasteiger partial charge in [0, 0.05) is 12.8 Å². The van der Waals surface area contributed by atoms with Gasteiger partial charge in [0.05, 0.1) is 6.61 Å². The van der Waals surface area contributed by atoms with Crippen molar-refractivity contribution < 1.29 is 14.3 Å². The van der Waals surface area contributed by atoms with E-state index in [1.807, 2.05) is 0 Å². The van der Waals surface area contributed by atoms with E-state index >= 15 is 0 Å². The number of hydrogen-bond acceptors (Lipinski definition) is 3. The fourth-order valence-electron chi connectivity index (χ4n) is 4.45. The maximum Gasteiger partial charge on any atom is 0.305 e. The highest BCUT2D eigenvalue weighted by Gasteiger charge is 2.14. The second-order valence-corrected chi connectivity index (χ2v) is 12.5. The zero-order valence-corrected chi connectivity index (χ0v) is 24.2. The molecule has 0 saturated carbocycles. The fourth-order valence-corrected chi connectivity index (χ4v) is 6.79. The highest BCUT2D eigenvalue weighted by molar-refractivity contribution is 8.29. The van der Waals surface area contributed by atoms with Crippen LogP contribution in [0.4, 0.5) is 0 Å². The van der Waals surface area contributed by atoms with Gasteiger partial charge in [0.15, 0.2) is 5.12 Å². The highest BCUT2D eigenvalue weighted by Crippen LogP contribution is 2.31. The fraction of sp³-hybridized carbons (Fsp3) is 0.933. The summed E-state index contributed by atoms with van der Waals surface area (Å²) in [5.74, 6) is 1.98. The predicted octanol–water partition coefficient (Wildman–Crippen LogP) is 9.70. The summed E-state index contributed by atoms with van der Waals surface area (Å²) < 4.78 is 5.17. The molecule has 0 aliphatic heterocycles. The zero-order chi connectivity index (χ0) is 25.1. The van der Waals surface area contributed by atoms with Crippen LogP contribution in [0, 0.1) is 0 Å². The normalized spacial score (nSPS) is 11.6. The Morgan fingerprint density at radius 1 is 0.529 bits per heavy atom. The van der Waals surface area contributed by atoms with Gasteiger partial charge >= 0.3 is 5.97 Å². The Hall–Kier alpha value is -0.510. The second-order valence-electron chi connectivity index (χ2n) is 10.1. The second kappa shape index (κ2) is 27.1. The van der Waals surface area contributed by atoms with Gasteiger partial charge in [-0.3, -0.25) is 9.59 Å². The van der Waals surface area contributed by atoms with Crippen molar-refractivity contribution in [3.8, 4) is 0 Å². The minimum Gasteiger partial charge on any atom is -0.465 e. The molecule has 0 atom stereocenters. The van der Waals surface area contributed by atoms with Crippen LogP contribution in [0.5, 0.6) is 0 Å². The molecule has 0 rings (SSSR count). The van der Waals surface area contributed by atoms with E-state index in [2.05, 4.69) is 13.8 Å². The van der Waals surface area contributed by atoms with Crippen LogP contribution < -0.4 is 0 Å². The molecule has 3 nitrogen and oxygen atoms in total. The van der Waals surface area contributed by atoms with Crippen molar-refractivity contribution >= 4 is 22.0 Å². The quantitative estimate of drug-likeness (QED) is 0.0730. The van der Waals surface area contributed by atoms with Gasteiger partial charge in [-0.05, 0) is 24.3 Å². The van der Waals surface area contributed by atoms with E-state index in [4.69, 9.17) is 4.74 Å². The summed E-state index contributed by atoms with van der Waals surface area (Å²) in [6, 6.07) is 0. The molecule has 0 aromatic rings. The third-order valence-corrected chi connectivity index (χ3v) is 9.42. The van der Waals surface area contributed by atoms with Crippen molar-refractivity contribution in [2.45, 2.75) is 162 Å². The van der Waals surface area contributed by atoms with Gasteiger partial charge in [-0.15, -0.1) is 0 Å². The van der Waals surface area contributed by atoms with Gasteiger partial charge in [-0.1, -0.05) is 136 Å². The van der Waals surface area contributed by atoms with Crippen LogP contribution in [0.2, 0.25) is 0 Å². The van der Waals surface area contributed by atoms with Crippen molar-refractivity contribution in [1.82, 2.24) is 0 Å². The summed E-state index contributed by atoms with van der Waals surface area (Å²) in [6.45, 7) is 6.62. The van der Waals surface area contributed by atoms with Crippen LogP contribution in [0.3, 0.4) is 0 Å². The Balaban J connectivity index is 4.04. The van der Waals surface area contributed by atoms with E-state index in [0.717, 1.165) is 11.5 Å². The van der Waals surface area contributed by atoms with Crippen molar-refractivity contribution in [3.63, 3.8) is 0 Å². The Labute approximate surface area is 216 Å². The molecule has 0 fully saturated rings. The van der Waals surface area contributed by atoms with Gasteiger partial charge < -0.3 is 4.74 Å². The Bertz CT molecular complexity index is 428. The Morgan fingerprint density at radius 2 is 0.882 bits per heavy atom. The van der Waals surface area contributed by atoms with E-state index in [0.29, 0.717) is 18.0 Å². The van der Waals surface area contributed by atoms with E-state index < -0.39 is 10.9 Å². The minimum atomic E-state index is -0.556. The first-order valence-corrected chi connectivity index (χ1v) is 16.8. The monoisotopic (exact) mass is 500 g/mol. The first-order chi connectivity index (χ1) is 16.7. The van der Waals surface area contributed by atoms with E-state index in [-0.39, 0.29) is 12.6 Å². The number of rotatable bonds is 26. The SMILES string of the molecule is CCCCCCCCCCCC[SH](CCCCCCCCCCCC)C(=O)CCOC(=O)CC. The molecule has 0 spiro atoms. The third kappa shape index (κ3) is 23.2. The third-order valence-electron chi connectivity index (χ3n) is 6.78. The number of carbonyl (C=O) groups excluding carboxylic acids is 2. The molecule has 0 aliphatic rings. The van der Waals surface area contributed by atoms with Crippen molar-refractivity contribution in [1.29, 1.82) is 0 Å². The minimum absolute atomic E-state index is 0.193. The number of hydrogen-bond donors (Lipinski definition) is 1. The number of thiol groups is 1. The Morgan fingerprint density at radius 3 is 1.24 bits per heavy atom.